The third-order valence-corrected chi connectivity index (χ3v) is 4.43. The van der Waals surface area contributed by atoms with Crippen molar-refractivity contribution in [1.82, 2.24) is 0 Å². The Kier molecular flexibility index (Phi) is 3.97. The van der Waals surface area contributed by atoms with Gasteiger partial charge in [-0.1, -0.05) is 36.4 Å². The van der Waals surface area contributed by atoms with Gasteiger partial charge in [0, 0.05) is 0 Å². The summed E-state index contributed by atoms with van der Waals surface area (Å²) in [4.78, 5) is 0. The molecule has 2 atom stereocenters. The molecule has 2 unspecified atom stereocenters. The average molecular weight is 260 g/mol. The van der Waals surface area contributed by atoms with Crippen LogP contribution in [0.25, 0.3) is 11.1 Å². The van der Waals surface area contributed by atoms with Crippen LogP contribution < -0.4 is 5.30 Å². The SMILES string of the molecule is Cc1c(P)ccc(-c2ccc(CP)cc2)c1C. The lowest BCUT2D eigenvalue weighted by Gasteiger charge is -2.11. The van der Waals surface area contributed by atoms with E-state index in [2.05, 4.69) is 68.7 Å². The molecule has 2 aromatic carbocycles. The van der Waals surface area contributed by atoms with E-state index in [-0.39, 0.29) is 0 Å². The Labute approximate surface area is 108 Å². The van der Waals surface area contributed by atoms with Crippen LogP contribution in [-0.4, -0.2) is 0 Å². The molecular formula is C15H18P2. The minimum absolute atomic E-state index is 1.02. The van der Waals surface area contributed by atoms with E-state index in [9.17, 15) is 0 Å². The predicted molar refractivity (Wildman–Crippen MR) is 84.1 cm³/mol. The maximum Gasteiger partial charge on any atom is -0.0128 e. The van der Waals surface area contributed by atoms with Crippen LogP contribution >= 0.6 is 18.5 Å². The molecule has 17 heavy (non-hydrogen) atoms. The van der Waals surface area contributed by atoms with Crippen molar-refractivity contribution in [2.24, 2.45) is 0 Å². The van der Waals surface area contributed by atoms with Gasteiger partial charge in [0.1, 0.15) is 0 Å². The summed E-state index contributed by atoms with van der Waals surface area (Å²) >= 11 is 0. The van der Waals surface area contributed by atoms with E-state index in [0.29, 0.717) is 0 Å². The number of rotatable bonds is 2. The van der Waals surface area contributed by atoms with E-state index >= 15 is 0 Å². The smallest absolute Gasteiger partial charge is 0.0128 e. The summed E-state index contributed by atoms with van der Waals surface area (Å²) in [5.74, 6) is 0. The summed E-state index contributed by atoms with van der Waals surface area (Å²) in [7, 11) is 5.55. The van der Waals surface area contributed by atoms with Gasteiger partial charge in [-0.2, -0.15) is 0 Å². The second kappa shape index (κ2) is 5.30. The second-order valence-electron chi connectivity index (χ2n) is 4.35. The van der Waals surface area contributed by atoms with Crippen molar-refractivity contribution in [3.8, 4) is 11.1 Å². The van der Waals surface area contributed by atoms with Crippen molar-refractivity contribution in [3.63, 3.8) is 0 Å². The Balaban J connectivity index is 2.49. The fraction of sp³-hybridized carbons (Fsp3) is 0.200. The molecule has 0 aliphatic carbocycles. The van der Waals surface area contributed by atoms with Crippen molar-refractivity contribution in [2.75, 3.05) is 0 Å². The van der Waals surface area contributed by atoms with E-state index in [1.165, 1.54) is 33.1 Å². The van der Waals surface area contributed by atoms with Gasteiger partial charge in [0.25, 0.3) is 0 Å². The lowest BCUT2D eigenvalue weighted by atomic mass is 9.96. The summed E-state index contributed by atoms with van der Waals surface area (Å²) in [6, 6.07) is 13.2. The Morgan fingerprint density at radius 2 is 1.53 bits per heavy atom. The maximum absolute atomic E-state index is 2.79. The van der Waals surface area contributed by atoms with Gasteiger partial charge in [-0.05, 0) is 53.1 Å². The molecule has 2 aromatic rings. The van der Waals surface area contributed by atoms with Crippen molar-refractivity contribution < 1.29 is 0 Å². The van der Waals surface area contributed by atoms with E-state index in [1.807, 2.05) is 0 Å². The molecule has 0 N–H and O–H groups in total. The van der Waals surface area contributed by atoms with Crippen molar-refractivity contribution in [1.29, 1.82) is 0 Å². The third kappa shape index (κ3) is 2.59. The first-order chi connectivity index (χ1) is 8.13. The van der Waals surface area contributed by atoms with Crippen LogP contribution in [0.3, 0.4) is 0 Å². The Hall–Kier alpha value is -0.700. The predicted octanol–water partition coefficient (Wildman–Crippen LogP) is 3.85. The Bertz CT molecular complexity index is 527. The van der Waals surface area contributed by atoms with Gasteiger partial charge in [0.15, 0.2) is 0 Å². The van der Waals surface area contributed by atoms with Crippen molar-refractivity contribution in [2.45, 2.75) is 20.0 Å². The molecule has 0 aromatic heterocycles. The quantitative estimate of drug-likeness (QED) is 0.719. The minimum Gasteiger partial charge on any atom is -0.133 e. The van der Waals surface area contributed by atoms with Crippen LogP contribution in [0, 0.1) is 13.8 Å². The minimum atomic E-state index is 1.02. The highest BCUT2D eigenvalue weighted by Crippen LogP contribution is 2.26. The van der Waals surface area contributed by atoms with Gasteiger partial charge in [0.05, 0.1) is 0 Å². The zero-order chi connectivity index (χ0) is 12.4. The molecule has 0 radical (unpaired) electrons. The number of hydrogen-bond acceptors (Lipinski definition) is 0. The molecule has 2 rings (SSSR count). The molecule has 0 saturated carbocycles. The largest absolute Gasteiger partial charge is 0.133 e. The molecule has 0 aliphatic rings. The van der Waals surface area contributed by atoms with Crippen LogP contribution in [-0.2, 0) is 6.16 Å². The van der Waals surface area contributed by atoms with Gasteiger partial charge in [-0.25, -0.2) is 0 Å². The molecule has 0 spiro atoms. The molecule has 0 nitrogen and oxygen atoms in total. The van der Waals surface area contributed by atoms with E-state index in [1.54, 1.807) is 0 Å². The maximum atomic E-state index is 2.79. The first-order valence-corrected chi connectivity index (χ1v) is 7.18. The summed E-state index contributed by atoms with van der Waals surface area (Å²) in [6.07, 6.45) is 1.02. The Morgan fingerprint density at radius 3 is 2.12 bits per heavy atom. The molecule has 0 aliphatic heterocycles. The first-order valence-electron chi connectivity index (χ1n) is 5.78. The number of benzene rings is 2. The van der Waals surface area contributed by atoms with Gasteiger partial charge in [-0.3, -0.25) is 0 Å². The standard InChI is InChI=1S/C15H18P2/c1-10-11(2)15(17)8-7-14(10)13-5-3-12(9-16)4-6-13/h3-8H,9,16-17H2,1-2H3. The first kappa shape index (κ1) is 12.7. The lowest BCUT2D eigenvalue weighted by molar-refractivity contribution is 1.36. The van der Waals surface area contributed by atoms with Gasteiger partial charge < -0.3 is 0 Å². The van der Waals surface area contributed by atoms with Crippen LogP contribution in [0.5, 0.6) is 0 Å². The molecule has 0 bridgehead atoms. The second-order valence-corrected chi connectivity index (χ2v) is 5.38. The van der Waals surface area contributed by atoms with Crippen LogP contribution in [0.2, 0.25) is 0 Å². The van der Waals surface area contributed by atoms with Crippen LogP contribution in [0.4, 0.5) is 0 Å². The Morgan fingerprint density at radius 1 is 0.882 bits per heavy atom. The highest BCUT2D eigenvalue weighted by atomic mass is 31.0. The van der Waals surface area contributed by atoms with E-state index in [4.69, 9.17) is 0 Å². The summed E-state index contributed by atoms with van der Waals surface area (Å²) in [5, 5.41) is 1.29. The lowest BCUT2D eigenvalue weighted by Crippen LogP contribution is -2.00. The summed E-state index contributed by atoms with van der Waals surface area (Å²) < 4.78 is 0. The summed E-state index contributed by atoms with van der Waals surface area (Å²) in [5.41, 5.74) is 6.73. The number of hydrogen-bond donors (Lipinski definition) is 0. The highest BCUT2D eigenvalue weighted by molar-refractivity contribution is 7.27. The third-order valence-electron chi connectivity index (χ3n) is 3.33. The van der Waals surface area contributed by atoms with Crippen molar-refractivity contribution in [3.05, 3.63) is 53.1 Å². The zero-order valence-electron chi connectivity index (χ0n) is 10.3. The van der Waals surface area contributed by atoms with Crippen LogP contribution in [0.15, 0.2) is 36.4 Å². The van der Waals surface area contributed by atoms with Crippen molar-refractivity contribution >= 4 is 23.8 Å². The normalized spacial score (nSPS) is 10.6. The van der Waals surface area contributed by atoms with Gasteiger partial charge in [-0.15, -0.1) is 18.5 Å². The average Bonchev–Trinajstić information content (AvgIpc) is 2.36. The fourth-order valence-corrected chi connectivity index (χ4v) is 2.56. The molecule has 0 amide bonds. The van der Waals surface area contributed by atoms with Crippen LogP contribution in [0.1, 0.15) is 16.7 Å². The molecule has 0 saturated heterocycles. The molecule has 88 valence electrons. The molecule has 2 heteroatoms. The molecular weight excluding hydrogens is 242 g/mol. The molecule has 0 heterocycles. The monoisotopic (exact) mass is 260 g/mol. The molecule has 0 fully saturated rings. The fourth-order valence-electron chi connectivity index (χ4n) is 1.97. The van der Waals surface area contributed by atoms with E-state index in [0.717, 1.165) is 6.16 Å². The topological polar surface area (TPSA) is 0 Å². The van der Waals surface area contributed by atoms with E-state index < -0.39 is 0 Å². The van der Waals surface area contributed by atoms with Gasteiger partial charge in [0.2, 0.25) is 0 Å². The highest BCUT2D eigenvalue weighted by Gasteiger charge is 2.05. The summed E-state index contributed by atoms with van der Waals surface area (Å²) in [6.45, 7) is 4.38. The zero-order valence-corrected chi connectivity index (χ0v) is 12.6. The van der Waals surface area contributed by atoms with Gasteiger partial charge >= 0.3 is 0 Å².